The minimum absolute atomic E-state index is 0.0670. The van der Waals surface area contributed by atoms with Gasteiger partial charge in [-0.3, -0.25) is 9.48 Å². The lowest BCUT2D eigenvalue weighted by Crippen LogP contribution is -2.22. The number of nitrogens with one attached hydrogen (secondary N) is 1. The second-order valence-corrected chi connectivity index (χ2v) is 7.52. The molecule has 6 heteroatoms. The van der Waals surface area contributed by atoms with Crippen molar-refractivity contribution in [3.8, 4) is 5.75 Å². The molecule has 1 N–H and O–H groups in total. The van der Waals surface area contributed by atoms with Gasteiger partial charge in [-0.05, 0) is 25.0 Å². The van der Waals surface area contributed by atoms with E-state index in [0.29, 0.717) is 17.3 Å². The first kappa shape index (κ1) is 17.5. The lowest BCUT2D eigenvalue weighted by Gasteiger charge is -2.08. The molecule has 0 aliphatic heterocycles. The molecule has 0 atom stereocenters. The molecule has 3 aromatic rings. The molecule has 0 fully saturated rings. The predicted molar refractivity (Wildman–Crippen MR) is 101 cm³/mol. The zero-order chi connectivity index (χ0) is 18.0. The summed E-state index contributed by atoms with van der Waals surface area (Å²) in [7, 11) is 1.63. The molecule has 2 heterocycles. The molecule has 0 unspecified atom stereocenters. The molecule has 5 nitrogen and oxygen atoms in total. The molecule has 0 spiro atoms. The van der Waals surface area contributed by atoms with Crippen molar-refractivity contribution in [2.45, 2.75) is 33.9 Å². The molecule has 0 bridgehead atoms. The Morgan fingerprint density at radius 3 is 2.84 bits per heavy atom. The van der Waals surface area contributed by atoms with Crippen molar-refractivity contribution in [1.82, 2.24) is 15.1 Å². The van der Waals surface area contributed by atoms with Crippen LogP contribution in [0.4, 0.5) is 0 Å². The van der Waals surface area contributed by atoms with E-state index in [4.69, 9.17) is 4.74 Å². The second-order valence-electron chi connectivity index (χ2n) is 6.49. The lowest BCUT2D eigenvalue weighted by molar-refractivity contribution is 0.0955. The summed E-state index contributed by atoms with van der Waals surface area (Å²) in [6.45, 7) is 7.61. The Kier molecular flexibility index (Phi) is 5.08. The van der Waals surface area contributed by atoms with Crippen molar-refractivity contribution in [3.63, 3.8) is 0 Å². The molecule has 0 aliphatic carbocycles. The highest BCUT2D eigenvalue weighted by Crippen LogP contribution is 2.29. The van der Waals surface area contributed by atoms with E-state index in [0.717, 1.165) is 33.8 Å². The molecular weight excluding hydrogens is 334 g/mol. The minimum atomic E-state index is -0.0670. The van der Waals surface area contributed by atoms with Crippen LogP contribution >= 0.6 is 11.3 Å². The average molecular weight is 357 g/mol. The van der Waals surface area contributed by atoms with Gasteiger partial charge in [0.05, 0.1) is 17.7 Å². The number of carbonyl (C=O) groups is 1. The van der Waals surface area contributed by atoms with Gasteiger partial charge in [-0.25, -0.2) is 0 Å². The highest BCUT2D eigenvalue weighted by molar-refractivity contribution is 7.20. The van der Waals surface area contributed by atoms with Gasteiger partial charge in [0, 0.05) is 24.0 Å². The second kappa shape index (κ2) is 7.27. The van der Waals surface area contributed by atoms with Crippen molar-refractivity contribution < 1.29 is 9.53 Å². The number of ether oxygens (including phenoxy) is 1. The summed E-state index contributed by atoms with van der Waals surface area (Å²) in [5.41, 5.74) is 1.93. The van der Waals surface area contributed by atoms with Crippen LogP contribution in [0.3, 0.4) is 0 Å². The highest BCUT2D eigenvalue weighted by Gasteiger charge is 2.17. The molecule has 1 aromatic carbocycles. The fourth-order valence-corrected chi connectivity index (χ4v) is 3.89. The molecular formula is C19H23N3O2S. The third-order valence-electron chi connectivity index (χ3n) is 4.00. The van der Waals surface area contributed by atoms with E-state index < -0.39 is 0 Å². The molecule has 2 aromatic heterocycles. The largest absolute Gasteiger partial charge is 0.496 e. The first-order valence-corrected chi connectivity index (χ1v) is 9.18. The quantitative estimate of drug-likeness (QED) is 0.725. The van der Waals surface area contributed by atoms with E-state index in [2.05, 4.69) is 24.3 Å². The van der Waals surface area contributed by atoms with Crippen molar-refractivity contribution >= 4 is 27.5 Å². The maximum absolute atomic E-state index is 12.6. The summed E-state index contributed by atoms with van der Waals surface area (Å²) in [4.78, 5) is 14.3. The number of carbonyl (C=O) groups excluding carboxylic acids is 1. The number of benzene rings is 1. The summed E-state index contributed by atoms with van der Waals surface area (Å²) in [5, 5.41) is 8.63. The third-order valence-corrected chi connectivity index (χ3v) is 5.15. The number of para-hydroxylation sites is 1. The van der Waals surface area contributed by atoms with E-state index in [-0.39, 0.29) is 5.91 Å². The number of hydrogen-bond acceptors (Lipinski definition) is 4. The molecule has 132 valence electrons. The van der Waals surface area contributed by atoms with Gasteiger partial charge in [-0.1, -0.05) is 32.0 Å². The van der Waals surface area contributed by atoms with Gasteiger partial charge in [0.2, 0.25) is 0 Å². The lowest BCUT2D eigenvalue weighted by atomic mass is 10.2. The van der Waals surface area contributed by atoms with E-state index in [1.54, 1.807) is 7.11 Å². The van der Waals surface area contributed by atoms with Crippen molar-refractivity contribution in [2.75, 3.05) is 7.11 Å². The van der Waals surface area contributed by atoms with Gasteiger partial charge >= 0.3 is 0 Å². The molecule has 0 radical (unpaired) electrons. The van der Waals surface area contributed by atoms with E-state index in [1.165, 1.54) is 11.3 Å². The molecule has 0 saturated carbocycles. The maximum Gasteiger partial charge on any atom is 0.261 e. The van der Waals surface area contributed by atoms with Gasteiger partial charge in [-0.2, -0.15) is 5.10 Å². The molecule has 25 heavy (non-hydrogen) atoms. The number of methoxy groups -OCH3 is 1. The minimum Gasteiger partial charge on any atom is -0.496 e. The van der Waals surface area contributed by atoms with Crippen LogP contribution in [-0.2, 0) is 13.1 Å². The fourth-order valence-electron chi connectivity index (χ4n) is 2.81. The fraction of sp³-hybridized carbons (Fsp3) is 0.368. The van der Waals surface area contributed by atoms with Crippen LogP contribution in [0.1, 0.15) is 34.8 Å². The first-order valence-electron chi connectivity index (χ1n) is 8.36. The zero-order valence-electron chi connectivity index (χ0n) is 15.0. The summed E-state index contributed by atoms with van der Waals surface area (Å²) in [6, 6.07) is 9.64. The molecule has 0 aliphatic rings. The number of thiophene rings is 1. The zero-order valence-corrected chi connectivity index (χ0v) is 15.8. The van der Waals surface area contributed by atoms with Gasteiger partial charge < -0.3 is 10.1 Å². The van der Waals surface area contributed by atoms with E-state index >= 15 is 0 Å². The standard InChI is InChI=1S/C19H23N3O2S/c1-12(2)11-22-19-15(13(3)21-22)9-17(25-19)18(23)20-10-14-7-5-6-8-16(14)24-4/h5-9,12H,10-11H2,1-4H3,(H,20,23). The Hall–Kier alpha value is -2.34. The van der Waals surface area contributed by atoms with Gasteiger partial charge in [0.1, 0.15) is 10.6 Å². The smallest absolute Gasteiger partial charge is 0.261 e. The van der Waals surface area contributed by atoms with Crippen LogP contribution in [-0.4, -0.2) is 22.8 Å². The average Bonchev–Trinajstić information content (AvgIpc) is 3.14. The third kappa shape index (κ3) is 3.69. The van der Waals surface area contributed by atoms with E-state index in [1.807, 2.05) is 41.9 Å². The van der Waals surface area contributed by atoms with Crippen LogP contribution in [0.2, 0.25) is 0 Å². The molecule has 0 saturated heterocycles. The van der Waals surface area contributed by atoms with Crippen molar-refractivity contribution in [1.29, 1.82) is 0 Å². The summed E-state index contributed by atoms with van der Waals surface area (Å²) in [6.07, 6.45) is 0. The molecule has 1 amide bonds. The van der Waals surface area contributed by atoms with E-state index in [9.17, 15) is 4.79 Å². The Balaban J connectivity index is 1.78. The molecule has 3 rings (SSSR count). The number of aryl methyl sites for hydroxylation is 1. The van der Waals surface area contributed by atoms with Crippen LogP contribution in [0.15, 0.2) is 30.3 Å². The number of hydrogen-bond donors (Lipinski definition) is 1. The van der Waals surface area contributed by atoms with Crippen molar-refractivity contribution in [2.24, 2.45) is 5.92 Å². The number of nitrogens with zero attached hydrogens (tertiary/aromatic N) is 2. The number of fused-ring (bicyclic) bond motifs is 1. The van der Waals surface area contributed by atoms with Gasteiger partial charge in [-0.15, -0.1) is 11.3 Å². The van der Waals surface area contributed by atoms with Crippen LogP contribution in [0.25, 0.3) is 10.2 Å². The van der Waals surface area contributed by atoms with Crippen molar-refractivity contribution in [3.05, 3.63) is 46.5 Å². The normalized spacial score (nSPS) is 11.2. The van der Waals surface area contributed by atoms with Gasteiger partial charge in [0.15, 0.2) is 0 Å². The summed E-state index contributed by atoms with van der Waals surface area (Å²) in [5.74, 6) is 1.22. The number of amides is 1. The van der Waals surface area contributed by atoms with Crippen LogP contribution in [0, 0.1) is 12.8 Å². The SMILES string of the molecule is COc1ccccc1CNC(=O)c1cc2c(C)nn(CC(C)C)c2s1. The topological polar surface area (TPSA) is 56.1 Å². The first-order chi connectivity index (χ1) is 12.0. The Bertz CT molecular complexity index is 895. The Morgan fingerprint density at radius 2 is 2.12 bits per heavy atom. The maximum atomic E-state index is 12.6. The van der Waals surface area contributed by atoms with Gasteiger partial charge in [0.25, 0.3) is 5.91 Å². The summed E-state index contributed by atoms with van der Waals surface area (Å²) >= 11 is 1.50. The van der Waals surface area contributed by atoms with Crippen LogP contribution in [0.5, 0.6) is 5.75 Å². The highest BCUT2D eigenvalue weighted by atomic mass is 32.1. The number of rotatable bonds is 6. The number of aromatic nitrogens is 2. The Morgan fingerprint density at radius 1 is 1.36 bits per heavy atom. The Labute approximate surface area is 151 Å². The van der Waals surface area contributed by atoms with Crippen LogP contribution < -0.4 is 10.1 Å². The summed E-state index contributed by atoms with van der Waals surface area (Å²) < 4.78 is 7.34. The predicted octanol–water partition coefficient (Wildman–Crippen LogP) is 4.00. The monoisotopic (exact) mass is 357 g/mol.